The second-order valence-corrected chi connectivity index (χ2v) is 11.6. The second-order valence-electron chi connectivity index (χ2n) is 11.6. The number of amides is 1. The average molecular weight is 573 g/mol. The number of aromatic nitrogens is 1. The van der Waals surface area contributed by atoms with E-state index in [1.54, 1.807) is 6.20 Å². The minimum absolute atomic E-state index is 0.00196. The molecule has 0 aliphatic carbocycles. The molecule has 1 amide bonds. The molecule has 6 atom stereocenters. The molecule has 3 rings (SSSR count). The Hall–Kier alpha value is -3.51. The molecule has 1 aromatic rings. The van der Waals surface area contributed by atoms with Crippen LogP contribution in [0.2, 0.25) is 0 Å². The third-order valence-corrected chi connectivity index (χ3v) is 7.60. The molecule has 0 aromatic carbocycles. The molecule has 6 unspecified atom stereocenters. The zero-order valence-electron chi connectivity index (χ0n) is 25.9. The molecule has 2 aliphatic heterocycles. The summed E-state index contributed by atoms with van der Waals surface area (Å²) in [4.78, 5) is 28.7. The maximum atomic E-state index is 13.0. The first kappa shape index (κ1) is 33.0. The van der Waals surface area contributed by atoms with Crippen molar-refractivity contribution < 1.29 is 19.1 Å². The summed E-state index contributed by atoms with van der Waals surface area (Å²) in [5.41, 5.74) is 3.31. The van der Waals surface area contributed by atoms with Gasteiger partial charge in [0.2, 0.25) is 5.91 Å². The van der Waals surface area contributed by atoms with Gasteiger partial charge in [-0.3, -0.25) is 9.78 Å². The van der Waals surface area contributed by atoms with Gasteiger partial charge in [-0.2, -0.15) is 0 Å². The first-order valence-electron chi connectivity index (χ1n) is 15.3. The van der Waals surface area contributed by atoms with Gasteiger partial charge in [0.15, 0.2) is 0 Å². The van der Waals surface area contributed by atoms with Crippen LogP contribution in [0.15, 0.2) is 96.3 Å². The number of esters is 1. The average Bonchev–Trinajstić information content (AvgIpc) is 2.96. The summed E-state index contributed by atoms with van der Waals surface area (Å²) < 4.78 is 11.8. The molecule has 6 nitrogen and oxygen atoms in total. The Morgan fingerprint density at radius 1 is 1.21 bits per heavy atom. The van der Waals surface area contributed by atoms with Crippen LogP contribution in [0.25, 0.3) is 0 Å². The summed E-state index contributed by atoms with van der Waals surface area (Å²) in [6, 6.07) is 5.57. The lowest BCUT2D eigenvalue weighted by Crippen LogP contribution is -2.47. The summed E-state index contributed by atoms with van der Waals surface area (Å²) in [6.45, 7) is 10.6. The number of nitrogens with zero attached hydrogens (tertiary/aromatic N) is 1. The number of ether oxygens (including phenoxy) is 2. The maximum Gasteiger partial charge on any atom is 0.331 e. The molecule has 226 valence electrons. The van der Waals surface area contributed by atoms with Crippen LogP contribution in [0.4, 0.5) is 0 Å². The smallest absolute Gasteiger partial charge is 0.331 e. The van der Waals surface area contributed by atoms with Crippen molar-refractivity contribution in [3.8, 4) is 0 Å². The van der Waals surface area contributed by atoms with Crippen molar-refractivity contribution in [2.24, 2.45) is 11.8 Å². The number of carbonyl (C=O) groups is 2. The van der Waals surface area contributed by atoms with E-state index < -0.39 is 0 Å². The largest absolute Gasteiger partial charge is 0.455 e. The van der Waals surface area contributed by atoms with Crippen molar-refractivity contribution in [1.29, 1.82) is 0 Å². The van der Waals surface area contributed by atoms with Crippen LogP contribution in [0.1, 0.15) is 72.4 Å². The summed E-state index contributed by atoms with van der Waals surface area (Å²) in [6.07, 6.45) is 26.1. The molecule has 1 fully saturated rings. The first-order valence-corrected chi connectivity index (χ1v) is 15.3. The molecule has 0 radical (unpaired) electrons. The van der Waals surface area contributed by atoms with Crippen LogP contribution in [-0.4, -0.2) is 41.2 Å². The molecule has 3 heterocycles. The van der Waals surface area contributed by atoms with Crippen molar-refractivity contribution in [1.82, 2.24) is 10.3 Å². The van der Waals surface area contributed by atoms with Gasteiger partial charge in [-0.05, 0) is 76.5 Å². The monoisotopic (exact) mass is 572 g/mol. The van der Waals surface area contributed by atoms with Gasteiger partial charge in [-0.15, -0.1) is 0 Å². The lowest BCUT2D eigenvalue weighted by molar-refractivity contribution is -0.141. The van der Waals surface area contributed by atoms with Gasteiger partial charge in [0.25, 0.3) is 0 Å². The number of nitrogens with one attached hydrogen (secondary N) is 1. The van der Waals surface area contributed by atoms with Gasteiger partial charge in [-0.25, -0.2) is 4.79 Å². The molecular formula is C36H48N2O4. The lowest BCUT2D eigenvalue weighted by Gasteiger charge is -2.37. The summed E-state index contributed by atoms with van der Waals surface area (Å²) in [7, 11) is 0. The van der Waals surface area contributed by atoms with Crippen molar-refractivity contribution >= 4 is 11.9 Å². The SMILES string of the molecule is C/C=C/C1OC(C(/C=C/C=C(\C)CC(C)/C=C(C)\C=C\C2CC=CC(=O)O2)NC(=O)CCc2ccccn2)CCC1C. The number of pyridine rings is 1. The Kier molecular flexibility index (Phi) is 13.7. The van der Waals surface area contributed by atoms with E-state index in [1.807, 2.05) is 49.4 Å². The van der Waals surface area contributed by atoms with Crippen molar-refractivity contribution in [3.05, 3.63) is 102 Å². The third-order valence-electron chi connectivity index (χ3n) is 7.60. The molecule has 0 saturated carbocycles. The fourth-order valence-electron chi connectivity index (χ4n) is 5.39. The van der Waals surface area contributed by atoms with Crippen LogP contribution >= 0.6 is 0 Å². The molecular weight excluding hydrogens is 524 g/mol. The number of hydrogen-bond donors (Lipinski definition) is 1. The Bertz CT molecular complexity index is 1190. The first-order chi connectivity index (χ1) is 20.2. The van der Waals surface area contributed by atoms with E-state index in [0.717, 1.165) is 30.5 Å². The molecule has 0 spiro atoms. The predicted molar refractivity (Wildman–Crippen MR) is 170 cm³/mol. The highest BCUT2D eigenvalue weighted by Gasteiger charge is 2.31. The fourth-order valence-corrected chi connectivity index (χ4v) is 5.39. The van der Waals surface area contributed by atoms with E-state index in [-0.39, 0.29) is 36.2 Å². The number of rotatable bonds is 13. The minimum atomic E-state index is -0.284. The molecule has 2 aliphatic rings. The van der Waals surface area contributed by atoms with E-state index in [2.05, 4.69) is 68.4 Å². The van der Waals surface area contributed by atoms with Gasteiger partial charge in [0, 0.05) is 30.8 Å². The van der Waals surface area contributed by atoms with Crippen LogP contribution in [-0.2, 0) is 25.5 Å². The number of carbonyl (C=O) groups excluding carboxylic acids is 2. The standard InChI is InChI=1S/C36H48N2O4/c1-6-11-33-29(5)18-21-34(42-33)32(38-35(39)22-19-30-13-7-8-23-37-30)15-9-12-26(2)24-28(4)25-27(3)17-20-31-14-10-16-36(40)41-31/h6-13,15-17,20,23,25,28-29,31-34H,14,18-19,21-22,24H2,1-5H3,(H,38,39)/b11-6+,15-9+,20-17+,26-12+,27-25-. The van der Waals surface area contributed by atoms with Gasteiger partial charge in [0.05, 0.1) is 18.2 Å². The topological polar surface area (TPSA) is 77.5 Å². The zero-order chi connectivity index (χ0) is 30.3. The normalized spacial score (nSPS) is 25.2. The van der Waals surface area contributed by atoms with Crippen molar-refractivity contribution in [2.45, 2.75) is 97.5 Å². The molecule has 1 saturated heterocycles. The molecule has 42 heavy (non-hydrogen) atoms. The molecule has 6 heteroatoms. The number of cyclic esters (lactones) is 1. The lowest BCUT2D eigenvalue weighted by atomic mass is 9.90. The van der Waals surface area contributed by atoms with E-state index in [1.165, 1.54) is 11.6 Å². The summed E-state index contributed by atoms with van der Waals surface area (Å²) in [5.74, 6) is 0.515. The zero-order valence-corrected chi connectivity index (χ0v) is 25.9. The van der Waals surface area contributed by atoms with E-state index >= 15 is 0 Å². The van der Waals surface area contributed by atoms with Gasteiger partial charge in [-0.1, -0.05) is 79.7 Å². The van der Waals surface area contributed by atoms with E-state index in [4.69, 9.17) is 9.47 Å². The summed E-state index contributed by atoms with van der Waals surface area (Å²) in [5, 5.41) is 3.23. The minimum Gasteiger partial charge on any atom is -0.455 e. The highest BCUT2D eigenvalue weighted by Crippen LogP contribution is 2.28. The van der Waals surface area contributed by atoms with Gasteiger partial charge in [0.1, 0.15) is 6.10 Å². The molecule has 1 N–H and O–H groups in total. The van der Waals surface area contributed by atoms with E-state index in [9.17, 15) is 9.59 Å². The Morgan fingerprint density at radius 2 is 2.05 bits per heavy atom. The Morgan fingerprint density at radius 3 is 2.79 bits per heavy atom. The number of hydrogen-bond acceptors (Lipinski definition) is 5. The van der Waals surface area contributed by atoms with E-state index in [0.29, 0.717) is 31.1 Å². The fraction of sp³-hybridized carbons (Fsp3) is 0.472. The summed E-state index contributed by atoms with van der Waals surface area (Å²) >= 11 is 0. The van der Waals surface area contributed by atoms with Crippen LogP contribution in [0.5, 0.6) is 0 Å². The van der Waals surface area contributed by atoms with Crippen molar-refractivity contribution in [3.63, 3.8) is 0 Å². The predicted octanol–water partition coefficient (Wildman–Crippen LogP) is 7.16. The molecule has 0 bridgehead atoms. The highest BCUT2D eigenvalue weighted by molar-refractivity contribution is 5.83. The second kappa shape index (κ2) is 17.4. The Labute approximate surface area is 252 Å². The van der Waals surface area contributed by atoms with Gasteiger partial charge < -0.3 is 14.8 Å². The van der Waals surface area contributed by atoms with Crippen LogP contribution in [0, 0.1) is 11.8 Å². The van der Waals surface area contributed by atoms with Crippen LogP contribution < -0.4 is 5.32 Å². The number of aryl methyl sites for hydroxylation is 1. The quantitative estimate of drug-likeness (QED) is 0.154. The van der Waals surface area contributed by atoms with Crippen molar-refractivity contribution in [2.75, 3.05) is 0 Å². The third kappa shape index (κ3) is 11.8. The number of allylic oxidation sites excluding steroid dienone is 7. The maximum absolute atomic E-state index is 13.0. The molecule has 1 aromatic heterocycles. The Balaban J connectivity index is 1.61. The highest BCUT2D eigenvalue weighted by atomic mass is 16.5. The van der Waals surface area contributed by atoms with Gasteiger partial charge >= 0.3 is 5.97 Å². The van der Waals surface area contributed by atoms with Crippen LogP contribution in [0.3, 0.4) is 0 Å².